The summed E-state index contributed by atoms with van der Waals surface area (Å²) in [5, 5.41) is 4.50. The summed E-state index contributed by atoms with van der Waals surface area (Å²) in [5.41, 5.74) is 3.19. The highest BCUT2D eigenvalue weighted by Gasteiger charge is 2.53. The smallest absolute Gasteiger partial charge is 0.154 e. The molecule has 0 radical (unpaired) electrons. The second kappa shape index (κ2) is 3.57. The summed E-state index contributed by atoms with van der Waals surface area (Å²) in [4.78, 5) is 7.36. The number of aromatic nitrogens is 3. The van der Waals surface area contributed by atoms with E-state index in [-0.39, 0.29) is 11.1 Å². The van der Waals surface area contributed by atoms with Crippen LogP contribution in [-0.2, 0) is 11.1 Å². The number of hydrogen-bond donors (Lipinski definition) is 0. The van der Waals surface area contributed by atoms with Gasteiger partial charge in [0.1, 0.15) is 0 Å². The zero-order valence-electron chi connectivity index (χ0n) is 12.6. The van der Waals surface area contributed by atoms with E-state index in [0.717, 1.165) is 11.3 Å². The van der Waals surface area contributed by atoms with Gasteiger partial charge in [-0.15, -0.1) is 0 Å². The Morgan fingerprint density at radius 3 is 2.42 bits per heavy atom. The maximum absolute atomic E-state index is 4.83. The highest BCUT2D eigenvalue weighted by molar-refractivity contribution is 5.48. The highest BCUT2D eigenvalue weighted by atomic mass is 15.4. The Morgan fingerprint density at radius 2 is 1.79 bits per heavy atom. The molecule has 0 aromatic carbocycles. The normalized spacial score (nSPS) is 21.2. The van der Waals surface area contributed by atoms with Crippen molar-refractivity contribution in [2.75, 3.05) is 0 Å². The molecule has 0 aliphatic carbocycles. The van der Waals surface area contributed by atoms with Gasteiger partial charge in [-0.3, -0.25) is 4.90 Å². The topological polar surface area (TPSA) is 33.4 Å². The second-order valence-corrected chi connectivity index (χ2v) is 6.68. The first-order chi connectivity index (χ1) is 8.78. The molecule has 0 fully saturated rings. The average molecular weight is 258 g/mol. The Hall–Kier alpha value is -1.42. The van der Waals surface area contributed by atoms with Gasteiger partial charge >= 0.3 is 0 Å². The Kier molecular flexibility index (Phi) is 2.37. The summed E-state index contributed by atoms with van der Waals surface area (Å²) in [7, 11) is 0. The first-order valence-corrected chi connectivity index (χ1v) is 6.92. The lowest BCUT2D eigenvalue weighted by molar-refractivity contribution is 0.00466. The molecule has 0 atom stereocenters. The molecule has 2 aromatic heterocycles. The van der Waals surface area contributed by atoms with Gasteiger partial charge in [-0.1, -0.05) is 0 Å². The fraction of sp³-hybridized carbons (Fsp3) is 0.600. The third-order valence-corrected chi connectivity index (χ3v) is 4.27. The van der Waals surface area contributed by atoms with Gasteiger partial charge < -0.3 is 0 Å². The summed E-state index contributed by atoms with van der Waals surface area (Å²) >= 11 is 0. The van der Waals surface area contributed by atoms with Gasteiger partial charge in [0.15, 0.2) is 5.65 Å². The molecule has 0 unspecified atom stereocenters. The van der Waals surface area contributed by atoms with Crippen molar-refractivity contribution in [1.82, 2.24) is 19.5 Å². The Bertz CT molecular complexity index is 637. The van der Waals surface area contributed by atoms with Crippen LogP contribution < -0.4 is 0 Å². The van der Waals surface area contributed by atoms with Crippen LogP contribution in [0.1, 0.15) is 52.9 Å². The monoisotopic (exact) mass is 258 g/mol. The van der Waals surface area contributed by atoms with Crippen molar-refractivity contribution >= 4 is 5.65 Å². The fourth-order valence-electron chi connectivity index (χ4n) is 4.08. The Morgan fingerprint density at radius 1 is 1.11 bits per heavy atom. The molecule has 0 amide bonds. The van der Waals surface area contributed by atoms with E-state index >= 15 is 0 Å². The third-order valence-electron chi connectivity index (χ3n) is 4.27. The van der Waals surface area contributed by atoms with Crippen LogP contribution >= 0.6 is 0 Å². The minimum Gasteiger partial charge on any atom is -0.279 e. The summed E-state index contributed by atoms with van der Waals surface area (Å²) in [6.45, 7) is 13.5. The van der Waals surface area contributed by atoms with Crippen molar-refractivity contribution in [2.45, 2.75) is 58.7 Å². The molecule has 2 aromatic rings. The number of rotatable bonds is 1. The molecule has 1 aliphatic heterocycles. The highest BCUT2D eigenvalue weighted by Crippen LogP contribution is 2.49. The van der Waals surface area contributed by atoms with Crippen LogP contribution in [0.3, 0.4) is 0 Å². The summed E-state index contributed by atoms with van der Waals surface area (Å²) < 4.78 is 2.00. The molecule has 19 heavy (non-hydrogen) atoms. The lowest BCUT2D eigenvalue weighted by atomic mass is 9.99. The predicted octanol–water partition coefficient (Wildman–Crippen LogP) is 2.92. The molecule has 4 nitrogen and oxygen atoms in total. The van der Waals surface area contributed by atoms with Gasteiger partial charge in [-0.25, -0.2) is 9.50 Å². The fourth-order valence-corrected chi connectivity index (χ4v) is 4.08. The van der Waals surface area contributed by atoms with Crippen molar-refractivity contribution in [3.05, 3.63) is 29.7 Å². The van der Waals surface area contributed by atoms with Crippen molar-refractivity contribution < 1.29 is 0 Å². The lowest BCUT2D eigenvalue weighted by Gasteiger charge is -2.43. The molecular weight excluding hydrogens is 236 g/mol. The maximum atomic E-state index is 4.83. The molecule has 0 spiro atoms. The van der Waals surface area contributed by atoms with Gasteiger partial charge in [-0.05, 0) is 53.7 Å². The van der Waals surface area contributed by atoms with Crippen LogP contribution in [0.2, 0.25) is 0 Å². The molecule has 4 heteroatoms. The van der Waals surface area contributed by atoms with Gasteiger partial charge in [0.05, 0.1) is 22.5 Å². The minimum absolute atomic E-state index is 0.0687. The van der Waals surface area contributed by atoms with Crippen molar-refractivity contribution in [3.8, 4) is 0 Å². The second-order valence-electron chi connectivity index (χ2n) is 6.68. The van der Waals surface area contributed by atoms with Crippen LogP contribution in [0.4, 0.5) is 0 Å². The van der Waals surface area contributed by atoms with Crippen LogP contribution in [0, 0.1) is 0 Å². The molecule has 0 saturated carbocycles. The van der Waals surface area contributed by atoms with Gasteiger partial charge in [0, 0.05) is 12.2 Å². The van der Waals surface area contributed by atoms with E-state index in [2.05, 4.69) is 51.5 Å². The predicted molar refractivity (Wildman–Crippen MR) is 76.0 cm³/mol. The molecule has 1 aliphatic rings. The zero-order valence-corrected chi connectivity index (χ0v) is 12.6. The number of hydrogen-bond acceptors (Lipinski definition) is 3. The van der Waals surface area contributed by atoms with E-state index in [1.54, 1.807) is 0 Å². The summed E-state index contributed by atoms with van der Waals surface area (Å²) in [5.74, 6) is 0. The van der Waals surface area contributed by atoms with E-state index in [0.29, 0.717) is 6.04 Å². The maximum Gasteiger partial charge on any atom is 0.154 e. The molecular formula is C15H22N4. The first-order valence-electron chi connectivity index (χ1n) is 6.92. The quantitative estimate of drug-likeness (QED) is 0.788. The van der Waals surface area contributed by atoms with E-state index in [1.807, 2.05) is 22.8 Å². The molecule has 0 N–H and O–H groups in total. The van der Waals surface area contributed by atoms with Crippen LogP contribution in [-0.4, -0.2) is 25.5 Å². The Balaban J connectivity index is 2.36. The standard InChI is InChI=1S/C15H22N4/c1-10(2)19-14(3,4)12-13(15(19,5)6)18-11(17-12)8-7-9-16-18/h7-10H,1-6H3. The number of nitrogens with zero attached hydrogens (tertiary/aromatic N) is 4. The van der Waals surface area contributed by atoms with Crippen LogP contribution in [0.25, 0.3) is 5.65 Å². The molecule has 0 bridgehead atoms. The number of fused-ring (bicyclic) bond motifs is 3. The zero-order chi connectivity index (χ0) is 14.0. The van der Waals surface area contributed by atoms with Crippen LogP contribution in [0.15, 0.2) is 18.3 Å². The molecule has 3 rings (SSSR count). The van der Waals surface area contributed by atoms with Crippen molar-refractivity contribution in [2.24, 2.45) is 0 Å². The van der Waals surface area contributed by atoms with E-state index in [4.69, 9.17) is 4.98 Å². The average Bonchev–Trinajstić information content (AvgIpc) is 2.73. The van der Waals surface area contributed by atoms with Crippen molar-refractivity contribution in [3.63, 3.8) is 0 Å². The van der Waals surface area contributed by atoms with Gasteiger partial charge in [-0.2, -0.15) is 5.10 Å². The SMILES string of the molecule is CC(C)N1C(C)(C)c2nc3cccnn3c2C1(C)C. The van der Waals surface area contributed by atoms with Crippen LogP contribution in [0.5, 0.6) is 0 Å². The van der Waals surface area contributed by atoms with Gasteiger partial charge in [0.25, 0.3) is 0 Å². The lowest BCUT2D eigenvalue weighted by Crippen LogP contribution is -2.50. The summed E-state index contributed by atoms with van der Waals surface area (Å²) in [6.07, 6.45) is 1.83. The van der Waals surface area contributed by atoms with Crippen molar-refractivity contribution in [1.29, 1.82) is 0 Å². The Labute approximate surface area is 114 Å². The molecule has 3 heterocycles. The van der Waals surface area contributed by atoms with E-state index in [1.165, 1.54) is 5.69 Å². The van der Waals surface area contributed by atoms with Gasteiger partial charge in [0.2, 0.25) is 0 Å². The first kappa shape index (κ1) is 12.6. The molecule has 102 valence electrons. The minimum atomic E-state index is -0.0687. The van der Waals surface area contributed by atoms with E-state index < -0.39 is 0 Å². The third kappa shape index (κ3) is 1.43. The van der Waals surface area contributed by atoms with E-state index in [9.17, 15) is 0 Å². The number of imidazole rings is 1. The largest absolute Gasteiger partial charge is 0.279 e. The summed E-state index contributed by atoms with van der Waals surface area (Å²) in [6, 6.07) is 4.42. The molecule has 0 saturated heterocycles.